The Bertz CT molecular complexity index is 568. The van der Waals surface area contributed by atoms with Crippen molar-refractivity contribution < 1.29 is 9.18 Å². The number of alkyl halides is 1. The van der Waals surface area contributed by atoms with Gasteiger partial charge in [0.2, 0.25) is 0 Å². The zero-order chi connectivity index (χ0) is 14.4. The Morgan fingerprint density at radius 3 is 2.50 bits per heavy atom. The maximum absolute atomic E-state index is 12.7. The lowest BCUT2D eigenvalue weighted by molar-refractivity contribution is 0.0731. The normalized spacial score (nSPS) is 10.3. The zero-order valence-corrected chi connectivity index (χ0v) is 11.6. The van der Waals surface area contributed by atoms with Gasteiger partial charge in [-0.25, -0.2) is 4.39 Å². The average Bonchev–Trinajstić information content (AvgIpc) is 2.47. The summed E-state index contributed by atoms with van der Waals surface area (Å²) in [5, 5.41) is 0. The summed E-state index contributed by atoms with van der Waals surface area (Å²) in [6.45, 7) is 1.94. The highest BCUT2D eigenvalue weighted by Gasteiger charge is 2.15. The second kappa shape index (κ2) is 6.85. The van der Waals surface area contributed by atoms with E-state index in [9.17, 15) is 9.18 Å². The van der Waals surface area contributed by atoms with Gasteiger partial charge in [0.05, 0.1) is 0 Å². The Morgan fingerprint density at radius 2 is 1.85 bits per heavy atom. The Balaban J connectivity index is 2.18. The molecule has 2 aromatic rings. The number of hydrogen-bond acceptors (Lipinski definition) is 1. The van der Waals surface area contributed by atoms with Crippen LogP contribution in [-0.4, -0.2) is 24.0 Å². The molecule has 0 fully saturated rings. The minimum Gasteiger partial charge on any atom is -0.332 e. The van der Waals surface area contributed by atoms with E-state index in [1.807, 2.05) is 55.5 Å². The fourth-order valence-electron chi connectivity index (χ4n) is 2.12. The van der Waals surface area contributed by atoms with Crippen LogP contribution in [0.4, 0.5) is 4.39 Å². The Kier molecular flexibility index (Phi) is 4.88. The molecule has 3 heteroatoms. The van der Waals surface area contributed by atoms with Gasteiger partial charge >= 0.3 is 0 Å². The first-order chi connectivity index (χ1) is 9.70. The number of benzene rings is 2. The van der Waals surface area contributed by atoms with E-state index in [4.69, 9.17) is 0 Å². The molecule has 0 aliphatic rings. The zero-order valence-electron chi connectivity index (χ0n) is 11.6. The van der Waals surface area contributed by atoms with Crippen LogP contribution in [0.15, 0.2) is 54.6 Å². The van der Waals surface area contributed by atoms with Gasteiger partial charge in [0.1, 0.15) is 6.67 Å². The summed E-state index contributed by atoms with van der Waals surface area (Å²) in [5.41, 5.74) is 2.63. The molecule has 0 bridgehead atoms. The smallest absolute Gasteiger partial charge is 0.254 e. The third-order valence-corrected chi connectivity index (χ3v) is 3.12. The van der Waals surface area contributed by atoms with Crippen molar-refractivity contribution in [2.24, 2.45) is 0 Å². The van der Waals surface area contributed by atoms with Gasteiger partial charge in [-0.15, -0.1) is 0 Å². The largest absolute Gasteiger partial charge is 0.332 e. The summed E-state index contributed by atoms with van der Waals surface area (Å²) in [6.07, 6.45) is 0. The molecule has 2 rings (SSSR count). The van der Waals surface area contributed by atoms with Crippen molar-refractivity contribution in [3.8, 4) is 0 Å². The highest BCUT2D eigenvalue weighted by atomic mass is 19.1. The molecule has 0 radical (unpaired) electrons. The third kappa shape index (κ3) is 3.67. The molecule has 0 aliphatic carbocycles. The maximum atomic E-state index is 12.7. The van der Waals surface area contributed by atoms with Crippen molar-refractivity contribution >= 4 is 5.91 Å². The minimum absolute atomic E-state index is 0.113. The summed E-state index contributed by atoms with van der Waals surface area (Å²) in [7, 11) is 0. The molecule has 2 aromatic carbocycles. The summed E-state index contributed by atoms with van der Waals surface area (Å²) >= 11 is 0. The molecular formula is C17H18FNO. The van der Waals surface area contributed by atoms with Crippen LogP contribution < -0.4 is 0 Å². The van der Waals surface area contributed by atoms with E-state index in [-0.39, 0.29) is 12.5 Å². The number of nitrogens with zero attached hydrogens (tertiary/aromatic N) is 1. The van der Waals surface area contributed by atoms with Gasteiger partial charge in [0.15, 0.2) is 0 Å². The number of aryl methyl sites for hydroxylation is 1. The van der Waals surface area contributed by atoms with Crippen molar-refractivity contribution in [2.45, 2.75) is 13.5 Å². The van der Waals surface area contributed by atoms with Gasteiger partial charge < -0.3 is 4.90 Å². The fraction of sp³-hybridized carbons (Fsp3) is 0.235. The van der Waals surface area contributed by atoms with E-state index in [1.54, 1.807) is 11.0 Å². The third-order valence-electron chi connectivity index (χ3n) is 3.12. The quantitative estimate of drug-likeness (QED) is 0.813. The molecule has 20 heavy (non-hydrogen) atoms. The molecule has 0 saturated carbocycles. The molecule has 0 N–H and O–H groups in total. The van der Waals surface area contributed by atoms with Crippen LogP contribution in [-0.2, 0) is 6.54 Å². The lowest BCUT2D eigenvalue weighted by Crippen LogP contribution is -2.32. The van der Waals surface area contributed by atoms with E-state index in [1.165, 1.54) is 0 Å². The Morgan fingerprint density at radius 1 is 1.10 bits per heavy atom. The van der Waals surface area contributed by atoms with Crippen LogP contribution in [0.3, 0.4) is 0 Å². The maximum Gasteiger partial charge on any atom is 0.254 e. The second-order valence-corrected chi connectivity index (χ2v) is 4.77. The van der Waals surface area contributed by atoms with Gasteiger partial charge in [-0.3, -0.25) is 4.79 Å². The van der Waals surface area contributed by atoms with Gasteiger partial charge in [-0.05, 0) is 24.6 Å². The molecule has 2 nitrogen and oxygen atoms in total. The van der Waals surface area contributed by atoms with Crippen molar-refractivity contribution in [2.75, 3.05) is 13.2 Å². The van der Waals surface area contributed by atoms with Gasteiger partial charge in [-0.1, -0.05) is 48.0 Å². The van der Waals surface area contributed by atoms with Crippen molar-refractivity contribution in [1.29, 1.82) is 0 Å². The first-order valence-corrected chi connectivity index (χ1v) is 6.66. The van der Waals surface area contributed by atoms with Gasteiger partial charge in [0, 0.05) is 18.7 Å². The van der Waals surface area contributed by atoms with E-state index < -0.39 is 6.67 Å². The molecule has 0 aliphatic heterocycles. The number of hydrogen-bond donors (Lipinski definition) is 0. The number of amides is 1. The molecule has 0 atom stereocenters. The van der Waals surface area contributed by atoms with Crippen molar-refractivity contribution in [1.82, 2.24) is 4.90 Å². The highest BCUT2D eigenvalue weighted by Crippen LogP contribution is 2.11. The monoisotopic (exact) mass is 271 g/mol. The standard InChI is InChI=1S/C17H18FNO/c1-14-6-5-9-16(12-14)17(20)19(11-10-18)13-15-7-3-2-4-8-15/h2-9,12H,10-11,13H2,1H3. The molecule has 0 unspecified atom stereocenters. The van der Waals surface area contributed by atoms with Crippen LogP contribution in [0, 0.1) is 6.92 Å². The van der Waals surface area contributed by atoms with Gasteiger partial charge in [-0.2, -0.15) is 0 Å². The Labute approximate surface area is 118 Å². The van der Waals surface area contributed by atoms with Crippen LogP contribution in [0.1, 0.15) is 21.5 Å². The first-order valence-electron chi connectivity index (χ1n) is 6.66. The summed E-state index contributed by atoms with van der Waals surface area (Å²) < 4.78 is 12.7. The average molecular weight is 271 g/mol. The Hall–Kier alpha value is -2.16. The molecule has 1 amide bonds. The summed E-state index contributed by atoms with van der Waals surface area (Å²) in [4.78, 5) is 14.0. The minimum atomic E-state index is -0.537. The summed E-state index contributed by atoms with van der Waals surface area (Å²) in [5.74, 6) is -0.129. The topological polar surface area (TPSA) is 20.3 Å². The molecule has 0 spiro atoms. The number of rotatable bonds is 5. The molecular weight excluding hydrogens is 253 g/mol. The fourth-order valence-corrected chi connectivity index (χ4v) is 2.12. The number of halogens is 1. The van der Waals surface area contributed by atoms with Crippen molar-refractivity contribution in [3.63, 3.8) is 0 Å². The highest BCUT2D eigenvalue weighted by molar-refractivity contribution is 5.94. The lowest BCUT2D eigenvalue weighted by Gasteiger charge is -2.21. The van der Waals surface area contributed by atoms with Crippen LogP contribution in [0.2, 0.25) is 0 Å². The number of carbonyl (C=O) groups excluding carboxylic acids is 1. The van der Waals surface area contributed by atoms with E-state index in [2.05, 4.69) is 0 Å². The summed E-state index contributed by atoms with van der Waals surface area (Å²) in [6, 6.07) is 17.0. The molecule has 0 saturated heterocycles. The predicted octanol–water partition coefficient (Wildman–Crippen LogP) is 3.61. The van der Waals surface area contributed by atoms with E-state index in [0.29, 0.717) is 12.1 Å². The van der Waals surface area contributed by atoms with Crippen LogP contribution in [0.5, 0.6) is 0 Å². The van der Waals surface area contributed by atoms with Gasteiger partial charge in [0.25, 0.3) is 5.91 Å². The van der Waals surface area contributed by atoms with E-state index >= 15 is 0 Å². The van der Waals surface area contributed by atoms with Crippen molar-refractivity contribution in [3.05, 3.63) is 71.3 Å². The SMILES string of the molecule is Cc1cccc(C(=O)N(CCF)Cc2ccccc2)c1. The lowest BCUT2D eigenvalue weighted by atomic mass is 10.1. The molecule has 0 aromatic heterocycles. The first kappa shape index (κ1) is 14.3. The second-order valence-electron chi connectivity index (χ2n) is 4.77. The predicted molar refractivity (Wildman–Crippen MR) is 78.3 cm³/mol. The molecule has 104 valence electrons. The number of carbonyl (C=O) groups is 1. The van der Waals surface area contributed by atoms with Crippen LogP contribution in [0.25, 0.3) is 0 Å². The molecule has 0 heterocycles. The van der Waals surface area contributed by atoms with Crippen LogP contribution >= 0.6 is 0 Å². The van der Waals surface area contributed by atoms with E-state index in [0.717, 1.165) is 11.1 Å².